The molecule has 2 aliphatic rings. The van der Waals surface area contributed by atoms with Gasteiger partial charge in [-0.25, -0.2) is 4.79 Å². The van der Waals surface area contributed by atoms with Crippen LogP contribution in [0.25, 0.3) is 0 Å². The first-order valence-corrected chi connectivity index (χ1v) is 8.54. The van der Waals surface area contributed by atoms with E-state index in [9.17, 15) is 14.7 Å². The van der Waals surface area contributed by atoms with Crippen LogP contribution < -0.4 is 0 Å². The Balaban J connectivity index is 2.37. The highest BCUT2D eigenvalue weighted by molar-refractivity contribution is 6.03. The van der Waals surface area contributed by atoms with E-state index < -0.39 is 11.0 Å². The zero-order chi connectivity index (χ0) is 18.3. The number of amides is 1. The Hall–Kier alpha value is -1.78. The molecule has 0 aromatic heterocycles. The molecule has 134 valence electrons. The second kappa shape index (κ2) is 5.94. The molecule has 0 spiro atoms. The molecule has 0 saturated heterocycles. The third-order valence-corrected chi connectivity index (χ3v) is 5.19. The van der Waals surface area contributed by atoms with Crippen LogP contribution in [0.4, 0.5) is 4.79 Å². The number of rotatable bonds is 1. The van der Waals surface area contributed by atoms with Crippen molar-refractivity contribution < 1.29 is 19.4 Å². The van der Waals surface area contributed by atoms with Crippen molar-refractivity contribution in [2.45, 2.75) is 60.0 Å². The SMILES string of the molecule is CCC1(C)C(=O)/C(=C\O)C[C@@]2(C)CN(C(=O)OC(C)(C)C)CC=C12. The number of allylic oxidation sites excluding steroid dienone is 1. The molecule has 1 unspecified atom stereocenters. The van der Waals surface area contributed by atoms with Crippen molar-refractivity contribution in [3.8, 4) is 0 Å². The maximum absolute atomic E-state index is 12.7. The average molecular weight is 335 g/mol. The quantitative estimate of drug-likeness (QED) is 0.447. The molecule has 24 heavy (non-hydrogen) atoms. The summed E-state index contributed by atoms with van der Waals surface area (Å²) in [5.41, 5.74) is -0.0271. The highest BCUT2D eigenvalue weighted by Crippen LogP contribution is 2.54. The van der Waals surface area contributed by atoms with E-state index in [1.54, 1.807) is 4.90 Å². The molecule has 5 nitrogen and oxygen atoms in total. The van der Waals surface area contributed by atoms with Crippen LogP contribution in [0.3, 0.4) is 0 Å². The minimum Gasteiger partial charge on any atom is -0.515 e. The van der Waals surface area contributed by atoms with E-state index in [4.69, 9.17) is 4.74 Å². The second-order valence-corrected chi connectivity index (χ2v) is 8.39. The number of ketones is 1. The Kier molecular flexibility index (Phi) is 4.59. The van der Waals surface area contributed by atoms with Crippen LogP contribution in [0.5, 0.6) is 0 Å². The number of fused-ring (bicyclic) bond motifs is 1. The van der Waals surface area contributed by atoms with Crippen LogP contribution in [-0.2, 0) is 9.53 Å². The number of nitrogens with zero attached hydrogens (tertiary/aromatic N) is 1. The molecule has 2 atom stereocenters. The molecule has 1 heterocycles. The number of hydrogen-bond acceptors (Lipinski definition) is 4. The number of ether oxygens (including phenoxy) is 1. The van der Waals surface area contributed by atoms with Gasteiger partial charge in [-0.05, 0) is 40.5 Å². The van der Waals surface area contributed by atoms with E-state index >= 15 is 0 Å². The molecule has 1 fully saturated rings. The van der Waals surface area contributed by atoms with E-state index in [0.717, 1.165) is 11.8 Å². The fourth-order valence-electron chi connectivity index (χ4n) is 3.96. The number of hydrogen-bond donors (Lipinski definition) is 1. The van der Waals surface area contributed by atoms with E-state index in [0.29, 0.717) is 31.5 Å². The fraction of sp³-hybridized carbons (Fsp3) is 0.684. The summed E-state index contributed by atoms with van der Waals surface area (Å²) < 4.78 is 5.48. The summed E-state index contributed by atoms with van der Waals surface area (Å²) in [6.07, 6.45) is 3.69. The summed E-state index contributed by atoms with van der Waals surface area (Å²) in [6, 6.07) is 0. The van der Waals surface area contributed by atoms with Crippen molar-refractivity contribution in [3.63, 3.8) is 0 Å². The van der Waals surface area contributed by atoms with Crippen molar-refractivity contribution in [2.75, 3.05) is 13.1 Å². The van der Waals surface area contributed by atoms with Gasteiger partial charge in [-0.15, -0.1) is 0 Å². The second-order valence-electron chi connectivity index (χ2n) is 8.39. The smallest absolute Gasteiger partial charge is 0.410 e. The van der Waals surface area contributed by atoms with Crippen molar-refractivity contribution in [2.24, 2.45) is 10.8 Å². The van der Waals surface area contributed by atoms with Crippen LogP contribution in [0.1, 0.15) is 54.4 Å². The molecule has 1 N–H and O–H groups in total. The normalized spacial score (nSPS) is 32.4. The Bertz CT molecular complexity index is 613. The fourth-order valence-corrected chi connectivity index (χ4v) is 3.96. The monoisotopic (exact) mass is 335 g/mol. The van der Waals surface area contributed by atoms with Crippen LogP contribution >= 0.6 is 0 Å². The van der Waals surface area contributed by atoms with E-state index in [2.05, 4.69) is 6.92 Å². The van der Waals surface area contributed by atoms with E-state index in [-0.39, 0.29) is 17.3 Å². The number of aliphatic hydroxyl groups excluding tert-OH is 1. The maximum atomic E-state index is 12.7. The minimum absolute atomic E-state index is 0.0121. The first-order valence-electron chi connectivity index (χ1n) is 8.54. The zero-order valence-electron chi connectivity index (χ0n) is 15.6. The van der Waals surface area contributed by atoms with Gasteiger partial charge < -0.3 is 14.7 Å². The van der Waals surface area contributed by atoms with Gasteiger partial charge >= 0.3 is 6.09 Å². The summed E-state index contributed by atoms with van der Waals surface area (Å²) >= 11 is 0. The molecule has 0 aromatic rings. The van der Waals surface area contributed by atoms with Crippen LogP contribution in [0.15, 0.2) is 23.5 Å². The number of carbonyl (C=O) groups excluding carboxylic acids is 2. The van der Waals surface area contributed by atoms with Crippen molar-refractivity contribution >= 4 is 11.9 Å². The zero-order valence-corrected chi connectivity index (χ0v) is 15.6. The van der Waals surface area contributed by atoms with Crippen molar-refractivity contribution in [1.29, 1.82) is 0 Å². The van der Waals surface area contributed by atoms with Gasteiger partial charge in [-0.1, -0.05) is 25.5 Å². The molecule has 0 bridgehead atoms. The minimum atomic E-state index is -0.623. The third kappa shape index (κ3) is 3.08. The highest BCUT2D eigenvalue weighted by Gasteiger charge is 2.53. The first kappa shape index (κ1) is 18.6. The van der Waals surface area contributed by atoms with Gasteiger partial charge in [0, 0.05) is 24.1 Å². The Labute approximate surface area is 144 Å². The van der Waals surface area contributed by atoms with Gasteiger partial charge in [0.05, 0.1) is 11.7 Å². The number of Topliss-reactive ketones (excluding diaryl/α,β-unsaturated/α-hetero) is 1. The lowest BCUT2D eigenvalue weighted by Gasteiger charge is -2.51. The number of aliphatic hydroxyl groups is 1. The van der Waals surface area contributed by atoms with Gasteiger partial charge in [0.1, 0.15) is 5.60 Å². The molecular formula is C19H29NO4. The summed E-state index contributed by atoms with van der Waals surface area (Å²) in [5.74, 6) is -0.0121. The molecule has 5 heteroatoms. The number of carbonyl (C=O) groups is 2. The Morgan fingerprint density at radius 3 is 2.54 bits per heavy atom. The molecule has 0 aromatic carbocycles. The highest BCUT2D eigenvalue weighted by atomic mass is 16.6. The summed E-state index contributed by atoms with van der Waals surface area (Å²) in [6.45, 7) is 12.4. The average Bonchev–Trinajstić information content (AvgIpc) is 2.48. The molecule has 1 amide bonds. The molecule has 1 aliphatic heterocycles. The van der Waals surface area contributed by atoms with E-state index in [1.165, 1.54) is 0 Å². The lowest BCUT2D eigenvalue weighted by atomic mass is 9.55. The van der Waals surface area contributed by atoms with Gasteiger partial charge in [0.2, 0.25) is 0 Å². The van der Waals surface area contributed by atoms with Crippen molar-refractivity contribution in [1.82, 2.24) is 4.90 Å². The standard InChI is InChI=1S/C19H29NO4/c1-7-19(6)14-8-9-20(16(23)24-17(2,3)4)12-18(14,5)10-13(11-21)15(19)22/h8,11,21H,7,9-10,12H2,1-6H3/b13-11-/t18-,19?/m0/s1. The largest absolute Gasteiger partial charge is 0.515 e. The molecular weight excluding hydrogens is 306 g/mol. The molecule has 1 saturated carbocycles. The van der Waals surface area contributed by atoms with Crippen LogP contribution in [-0.4, -0.2) is 40.6 Å². The molecule has 0 radical (unpaired) electrons. The van der Waals surface area contributed by atoms with Crippen LogP contribution in [0, 0.1) is 10.8 Å². The molecule has 2 rings (SSSR count). The lowest BCUT2D eigenvalue weighted by Crippen LogP contribution is -2.53. The summed E-state index contributed by atoms with van der Waals surface area (Å²) in [4.78, 5) is 26.8. The first-order chi connectivity index (χ1) is 11.0. The lowest BCUT2D eigenvalue weighted by molar-refractivity contribution is -0.125. The maximum Gasteiger partial charge on any atom is 0.410 e. The topological polar surface area (TPSA) is 66.8 Å². The molecule has 1 aliphatic carbocycles. The van der Waals surface area contributed by atoms with Gasteiger partial charge in [-0.2, -0.15) is 0 Å². The van der Waals surface area contributed by atoms with Gasteiger partial charge in [-0.3, -0.25) is 4.79 Å². The predicted octanol–water partition coefficient (Wildman–Crippen LogP) is 4.00. The Morgan fingerprint density at radius 1 is 1.42 bits per heavy atom. The van der Waals surface area contributed by atoms with E-state index in [1.807, 2.05) is 40.7 Å². The summed E-state index contributed by atoms with van der Waals surface area (Å²) in [7, 11) is 0. The van der Waals surface area contributed by atoms with Crippen LogP contribution in [0.2, 0.25) is 0 Å². The van der Waals surface area contributed by atoms with Gasteiger partial charge in [0.25, 0.3) is 0 Å². The summed E-state index contributed by atoms with van der Waals surface area (Å²) in [5, 5.41) is 9.51. The predicted molar refractivity (Wildman–Crippen MR) is 92.7 cm³/mol. The third-order valence-electron chi connectivity index (χ3n) is 5.19. The van der Waals surface area contributed by atoms with Crippen molar-refractivity contribution in [3.05, 3.63) is 23.5 Å². The Morgan fingerprint density at radius 2 is 2.04 bits per heavy atom. The van der Waals surface area contributed by atoms with Gasteiger partial charge in [0.15, 0.2) is 5.78 Å².